The van der Waals surface area contributed by atoms with Crippen molar-refractivity contribution in [2.45, 2.75) is 5.92 Å². The molecule has 5 heteroatoms. The van der Waals surface area contributed by atoms with Gasteiger partial charge in [-0.25, -0.2) is 4.98 Å². The Hall–Kier alpha value is -1.07. The second-order valence-corrected chi connectivity index (χ2v) is 4.52. The molecule has 0 saturated carbocycles. The van der Waals surface area contributed by atoms with Crippen LogP contribution in [0.4, 0.5) is 0 Å². The first-order valence-electron chi connectivity index (χ1n) is 4.41. The van der Waals surface area contributed by atoms with E-state index in [4.69, 9.17) is 5.11 Å². The van der Waals surface area contributed by atoms with Crippen molar-refractivity contribution in [3.05, 3.63) is 29.3 Å². The summed E-state index contributed by atoms with van der Waals surface area (Å²) in [6, 6.07) is 7.63. The smallest absolute Gasteiger partial charge is 0.314 e. The number of nitrogens with zero attached hydrogens (tertiary/aromatic N) is 1. The van der Waals surface area contributed by atoms with Gasteiger partial charge in [0, 0.05) is 5.75 Å². The van der Waals surface area contributed by atoms with Gasteiger partial charge in [0.1, 0.15) is 10.9 Å². The van der Waals surface area contributed by atoms with E-state index in [9.17, 15) is 4.79 Å². The van der Waals surface area contributed by atoms with Crippen molar-refractivity contribution in [3.8, 4) is 0 Å². The van der Waals surface area contributed by atoms with Crippen molar-refractivity contribution in [2.24, 2.45) is 0 Å². The summed E-state index contributed by atoms with van der Waals surface area (Å²) in [6.45, 7) is 0. The highest BCUT2D eigenvalue weighted by molar-refractivity contribution is 7.80. The minimum absolute atomic E-state index is 0.273. The van der Waals surface area contributed by atoms with E-state index in [1.807, 2.05) is 24.3 Å². The largest absolute Gasteiger partial charge is 0.481 e. The molecule has 3 nitrogen and oxygen atoms in total. The quantitative estimate of drug-likeness (QED) is 0.809. The van der Waals surface area contributed by atoms with Crippen LogP contribution in [0.25, 0.3) is 10.2 Å². The summed E-state index contributed by atoms with van der Waals surface area (Å²) in [7, 11) is 0. The van der Waals surface area contributed by atoms with E-state index in [1.165, 1.54) is 11.3 Å². The third-order valence-electron chi connectivity index (χ3n) is 2.09. The van der Waals surface area contributed by atoms with Gasteiger partial charge < -0.3 is 5.11 Å². The number of para-hydroxylation sites is 1. The third-order valence-corrected chi connectivity index (χ3v) is 3.60. The molecule has 2 rings (SSSR count). The molecule has 0 unspecified atom stereocenters. The van der Waals surface area contributed by atoms with Crippen LogP contribution >= 0.6 is 24.0 Å². The van der Waals surface area contributed by atoms with Gasteiger partial charge >= 0.3 is 5.97 Å². The van der Waals surface area contributed by atoms with Crippen molar-refractivity contribution < 1.29 is 9.90 Å². The standard InChI is InChI=1S/C10H9NO2S2/c12-10(13)6(5-14)9-11-7-3-1-2-4-8(7)15-9/h1-4,6,14H,5H2,(H,12,13)/t6-/m0/s1. The van der Waals surface area contributed by atoms with Crippen molar-refractivity contribution >= 4 is 40.2 Å². The Bertz CT molecular complexity index is 462. The molecule has 0 radical (unpaired) electrons. The molecule has 2 aromatic rings. The SMILES string of the molecule is O=C(O)[C@@H](CS)c1nc2ccccc2s1. The fourth-order valence-electron chi connectivity index (χ4n) is 1.30. The summed E-state index contributed by atoms with van der Waals surface area (Å²) in [6.07, 6.45) is 0. The summed E-state index contributed by atoms with van der Waals surface area (Å²) >= 11 is 5.45. The lowest BCUT2D eigenvalue weighted by atomic mass is 10.2. The first-order chi connectivity index (χ1) is 7.22. The zero-order valence-corrected chi connectivity index (χ0v) is 9.46. The fraction of sp³-hybridized carbons (Fsp3) is 0.200. The zero-order chi connectivity index (χ0) is 10.8. The van der Waals surface area contributed by atoms with E-state index in [0.29, 0.717) is 5.01 Å². The van der Waals surface area contributed by atoms with Gasteiger partial charge in [0.05, 0.1) is 10.2 Å². The molecule has 1 atom stereocenters. The Morgan fingerprint density at radius 2 is 2.27 bits per heavy atom. The average Bonchev–Trinajstić information content (AvgIpc) is 2.61. The lowest BCUT2D eigenvalue weighted by molar-refractivity contribution is -0.138. The molecule has 0 aliphatic carbocycles. The number of fused-ring (bicyclic) bond motifs is 1. The second-order valence-electron chi connectivity index (χ2n) is 3.09. The Balaban J connectivity index is 2.47. The highest BCUT2D eigenvalue weighted by Gasteiger charge is 2.21. The predicted molar refractivity (Wildman–Crippen MR) is 63.8 cm³/mol. The summed E-state index contributed by atoms with van der Waals surface area (Å²) in [5.74, 6) is -1.20. The molecule has 0 bridgehead atoms. The van der Waals surface area contributed by atoms with Crippen LogP contribution in [0.5, 0.6) is 0 Å². The molecule has 0 amide bonds. The minimum atomic E-state index is -0.871. The number of aliphatic carboxylic acids is 1. The van der Waals surface area contributed by atoms with Gasteiger partial charge in [-0.2, -0.15) is 12.6 Å². The number of thiazole rings is 1. The lowest BCUT2D eigenvalue weighted by Gasteiger charge is -2.03. The predicted octanol–water partition coefficient (Wildman–Crippen LogP) is 2.39. The Kier molecular flexibility index (Phi) is 2.93. The maximum atomic E-state index is 10.9. The van der Waals surface area contributed by atoms with Crippen LogP contribution in [-0.2, 0) is 4.79 Å². The summed E-state index contributed by atoms with van der Waals surface area (Å²) in [5, 5.41) is 9.59. The molecular formula is C10H9NO2S2. The summed E-state index contributed by atoms with van der Waals surface area (Å²) < 4.78 is 1.01. The normalized spacial score (nSPS) is 12.9. The van der Waals surface area contributed by atoms with Crippen molar-refractivity contribution in [3.63, 3.8) is 0 Å². The van der Waals surface area contributed by atoms with Gasteiger partial charge in [-0.15, -0.1) is 11.3 Å². The highest BCUT2D eigenvalue weighted by Crippen LogP contribution is 2.28. The molecule has 15 heavy (non-hydrogen) atoms. The van der Waals surface area contributed by atoms with E-state index in [-0.39, 0.29) is 5.75 Å². The van der Waals surface area contributed by atoms with Crippen LogP contribution in [0, 0.1) is 0 Å². The maximum Gasteiger partial charge on any atom is 0.314 e. The number of hydrogen-bond acceptors (Lipinski definition) is 4. The highest BCUT2D eigenvalue weighted by atomic mass is 32.1. The van der Waals surface area contributed by atoms with E-state index < -0.39 is 11.9 Å². The van der Waals surface area contributed by atoms with Crippen LogP contribution in [0.1, 0.15) is 10.9 Å². The van der Waals surface area contributed by atoms with E-state index in [0.717, 1.165) is 10.2 Å². The number of aromatic nitrogens is 1. The van der Waals surface area contributed by atoms with E-state index in [2.05, 4.69) is 17.6 Å². The average molecular weight is 239 g/mol. The Morgan fingerprint density at radius 3 is 2.87 bits per heavy atom. The molecule has 0 fully saturated rings. The summed E-state index contributed by atoms with van der Waals surface area (Å²) in [5.41, 5.74) is 0.852. The van der Waals surface area contributed by atoms with E-state index >= 15 is 0 Å². The number of carbonyl (C=O) groups is 1. The Labute approximate surface area is 96.2 Å². The molecule has 0 spiro atoms. The lowest BCUT2D eigenvalue weighted by Crippen LogP contribution is -2.12. The minimum Gasteiger partial charge on any atom is -0.481 e. The van der Waals surface area contributed by atoms with Crippen molar-refractivity contribution in [1.82, 2.24) is 4.98 Å². The first kappa shape index (κ1) is 10.4. The van der Waals surface area contributed by atoms with Gasteiger partial charge in [-0.05, 0) is 12.1 Å². The van der Waals surface area contributed by atoms with Crippen LogP contribution in [0.3, 0.4) is 0 Å². The zero-order valence-electron chi connectivity index (χ0n) is 7.75. The molecule has 0 aliphatic heterocycles. The summed E-state index contributed by atoms with van der Waals surface area (Å²) in [4.78, 5) is 15.2. The van der Waals surface area contributed by atoms with Gasteiger partial charge in [-0.3, -0.25) is 4.79 Å². The molecule has 0 aliphatic rings. The van der Waals surface area contributed by atoms with E-state index in [1.54, 1.807) is 0 Å². The number of carboxylic acid groups (broad SMARTS) is 1. The molecule has 0 saturated heterocycles. The van der Waals surface area contributed by atoms with Crippen LogP contribution in [0.15, 0.2) is 24.3 Å². The van der Waals surface area contributed by atoms with Crippen LogP contribution in [-0.4, -0.2) is 21.8 Å². The van der Waals surface area contributed by atoms with Crippen molar-refractivity contribution in [2.75, 3.05) is 5.75 Å². The number of carboxylic acids is 1. The van der Waals surface area contributed by atoms with Gasteiger partial charge in [0.25, 0.3) is 0 Å². The topological polar surface area (TPSA) is 50.2 Å². The second kappa shape index (κ2) is 4.20. The monoisotopic (exact) mass is 239 g/mol. The van der Waals surface area contributed by atoms with Gasteiger partial charge in [0.15, 0.2) is 0 Å². The number of thiol groups is 1. The molecule has 1 N–H and O–H groups in total. The number of rotatable bonds is 3. The van der Waals surface area contributed by atoms with Gasteiger partial charge in [-0.1, -0.05) is 12.1 Å². The van der Waals surface area contributed by atoms with Crippen molar-refractivity contribution in [1.29, 1.82) is 0 Å². The first-order valence-corrected chi connectivity index (χ1v) is 5.86. The molecular weight excluding hydrogens is 230 g/mol. The number of hydrogen-bond donors (Lipinski definition) is 2. The third kappa shape index (κ3) is 1.98. The molecule has 1 heterocycles. The van der Waals surface area contributed by atoms with Gasteiger partial charge in [0.2, 0.25) is 0 Å². The maximum absolute atomic E-state index is 10.9. The molecule has 1 aromatic carbocycles. The number of benzene rings is 1. The Morgan fingerprint density at radius 1 is 1.53 bits per heavy atom. The molecule has 1 aromatic heterocycles. The molecule has 78 valence electrons. The van der Waals surface area contributed by atoms with Crippen LogP contribution in [0.2, 0.25) is 0 Å². The fourth-order valence-corrected chi connectivity index (χ4v) is 2.81. The van der Waals surface area contributed by atoms with Crippen LogP contribution < -0.4 is 0 Å².